The Bertz CT molecular complexity index is 716. The van der Waals surface area contributed by atoms with Crippen LogP contribution in [0.5, 0.6) is 0 Å². The number of hydrogen-bond donors (Lipinski definition) is 2. The predicted molar refractivity (Wildman–Crippen MR) is 118 cm³/mol. The molecular weight excluding hydrogens is 386 g/mol. The number of aliphatic imine (C=N–C) groups is 1. The van der Waals surface area contributed by atoms with E-state index in [1.54, 1.807) is 13.4 Å². The number of furan rings is 1. The summed E-state index contributed by atoms with van der Waals surface area (Å²) in [4.78, 5) is 6.10. The average molecular weight is 418 g/mol. The molecule has 0 unspecified atom stereocenters. The minimum absolute atomic E-state index is 0.230. The molecule has 7 heteroatoms. The lowest BCUT2D eigenvalue weighted by atomic mass is 9.94. The van der Waals surface area contributed by atoms with E-state index in [0.717, 1.165) is 63.0 Å². The van der Waals surface area contributed by atoms with Crippen molar-refractivity contribution in [1.82, 2.24) is 10.6 Å². The summed E-state index contributed by atoms with van der Waals surface area (Å²) in [6.45, 7) is 3.66. The van der Waals surface area contributed by atoms with Crippen molar-refractivity contribution in [2.75, 3.05) is 45.7 Å². The number of benzene rings is 1. The third kappa shape index (κ3) is 7.42. The third-order valence-corrected chi connectivity index (χ3v) is 6.03. The molecule has 0 atom stereocenters. The first-order valence-corrected chi connectivity index (χ1v) is 11.1. The minimum atomic E-state index is -0.230. The van der Waals surface area contributed by atoms with Crippen LogP contribution in [0.3, 0.4) is 0 Å². The molecular formula is C22H31N3O3S. The van der Waals surface area contributed by atoms with Gasteiger partial charge in [-0.2, -0.15) is 0 Å². The van der Waals surface area contributed by atoms with Crippen LogP contribution in [0, 0.1) is 0 Å². The van der Waals surface area contributed by atoms with E-state index >= 15 is 0 Å². The first-order chi connectivity index (χ1) is 14.3. The fourth-order valence-electron chi connectivity index (χ4n) is 3.18. The first kappa shape index (κ1) is 21.7. The van der Waals surface area contributed by atoms with Crippen LogP contribution in [0.4, 0.5) is 0 Å². The Kier molecular flexibility index (Phi) is 8.92. The Labute approximate surface area is 177 Å². The fourth-order valence-corrected chi connectivity index (χ4v) is 3.97. The van der Waals surface area contributed by atoms with Crippen LogP contribution in [0.1, 0.15) is 18.6 Å². The van der Waals surface area contributed by atoms with Gasteiger partial charge in [-0.05, 0) is 24.3 Å². The van der Waals surface area contributed by atoms with Gasteiger partial charge in [-0.25, -0.2) is 0 Å². The van der Waals surface area contributed by atoms with Crippen LogP contribution in [-0.2, 0) is 15.9 Å². The normalized spacial score (nSPS) is 16.5. The van der Waals surface area contributed by atoms with Crippen LogP contribution in [-0.4, -0.2) is 57.3 Å². The second-order valence-corrected chi connectivity index (χ2v) is 8.18. The summed E-state index contributed by atoms with van der Waals surface area (Å²) in [6.07, 6.45) is 4.26. The summed E-state index contributed by atoms with van der Waals surface area (Å²) in [5.74, 6) is 2.74. The van der Waals surface area contributed by atoms with Gasteiger partial charge in [0.1, 0.15) is 5.76 Å². The average Bonchev–Trinajstić information content (AvgIpc) is 3.29. The lowest BCUT2D eigenvalue weighted by molar-refractivity contribution is -0.0828. The first-order valence-electron chi connectivity index (χ1n) is 10.1. The molecule has 0 radical (unpaired) electrons. The predicted octanol–water partition coefficient (Wildman–Crippen LogP) is 3.35. The van der Waals surface area contributed by atoms with Gasteiger partial charge >= 0.3 is 0 Å². The number of methoxy groups -OCH3 is 1. The molecule has 29 heavy (non-hydrogen) atoms. The smallest absolute Gasteiger partial charge is 0.191 e. The van der Waals surface area contributed by atoms with Gasteiger partial charge in [-0.15, -0.1) is 11.8 Å². The largest absolute Gasteiger partial charge is 0.469 e. The summed E-state index contributed by atoms with van der Waals surface area (Å²) >= 11 is 1.83. The van der Waals surface area contributed by atoms with E-state index < -0.39 is 0 Å². The van der Waals surface area contributed by atoms with Crippen molar-refractivity contribution in [3.05, 3.63) is 54.5 Å². The Balaban J connectivity index is 1.51. The molecule has 1 aliphatic rings. The van der Waals surface area contributed by atoms with Crippen molar-refractivity contribution < 1.29 is 13.9 Å². The molecule has 1 saturated heterocycles. The maximum Gasteiger partial charge on any atom is 0.191 e. The van der Waals surface area contributed by atoms with E-state index in [0.29, 0.717) is 6.54 Å². The molecule has 1 aromatic carbocycles. The van der Waals surface area contributed by atoms with Gasteiger partial charge in [0.25, 0.3) is 0 Å². The SMILES string of the molecule is COC1(CN=C(NCCSc2ccccc2)NCCc2ccco2)CCOCC1. The third-order valence-electron chi connectivity index (χ3n) is 5.01. The van der Waals surface area contributed by atoms with Crippen molar-refractivity contribution in [3.63, 3.8) is 0 Å². The minimum Gasteiger partial charge on any atom is -0.469 e. The maximum absolute atomic E-state index is 5.81. The van der Waals surface area contributed by atoms with Gasteiger partial charge in [-0.1, -0.05) is 18.2 Å². The van der Waals surface area contributed by atoms with Crippen molar-refractivity contribution in [3.8, 4) is 0 Å². The number of nitrogens with one attached hydrogen (secondary N) is 2. The number of nitrogens with zero attached hydrogens (tertiary/aromatic N) is 1. The Hall–Kier alpha value is -1.96. The molecule has 2 heterocycles. The van der Waals surface area contributed by atoms with E-state index in [1.165, 1.54) is 4.90 Å². The second-order valence-electron chi connectivity index (χ2n) is 7.01. The lowest BCUT2D eigenvalue weighted by Crippen LogP contribution is -2.44. The zero-order chi connectivity index (χ0) is 20.2. The molecule has 6 nitrogen and oxygen atoms in total. The van der Waals surface area contributed by atoms with Crippen LogP contribution in [0.25, 0.3) is 0 Å². The molecule has 0 saturated carbocycles. The van der Waals surface area contributed by atoms with E-state index in [4.69, 9.17) is 18.9 Å². The van der Waals surface area contributed by atoms with Gasteiger partial charge < -0.3 is 24.5 Å². The molecule has 158 valence electrons. The molecule has 0 aliphatic carbocycles. The zero-order valence-corrected chi connectivity index (χ0v) is 17.9. The second kappa shape index (κ2) is 11.9. The van der Waals surface area contributed by atoms with Crippen molar-refractivity contribution >= 4 is 17.7 Å². The highest BCUT2D eigenvalue weighted by Gasteiger charge is 2.32. The topological polar surface area (TPSA) is 68.0 Å². The van der Waals surface area contributed by atoms with Gasteiger partial charge in [0.2, 0.25) is 0 Å². The molecule has 0 spiro atoms. The maximum atomic E-state index is 5.81. The van der Waals surface area contributed by atoms with Crippen LogP contribution in [0.2, 0.25) is 0 Å². The molecule has 1 aliphatic heterocycles. The van der Waals surface area contributed by atoms with Crippen molar-refractivity contribution in [2.24, 2.45) is 4.99 Å². The molecule has 0 bridgehead atoms. The monoisotopic (exact) mass is 417 g/mol. The summed E-state index contributed by atoms with van der Waals surface area (Å²) in [5.41, 5.74) is -0.230. The molecule has 3 rings (SSSR count). The summed E-state index contributed by atoms with van der Waals surface area (Å²) in [7, 11) is 1.77. The number of rotatable bonds is 10. The van der Waals surface area contributed by atoms with E-state index in [-0.39, 0.29) is 5.60 Å². The fraction of sp³-hybridized carbons (Fsp3) is 0.500. The Morgan fingerprint density at radius 1 is 1.10 bits per heavy atom. The molecule has 2 N–H and O–H groups in total. The van der Waals surface area contributed by atoms with Crippen molar-refractivity contribution in [1.29, 1.82) is 0 Å². The number of ether oxygens (including phenoxy) is 2. The zero-order valence-electron chi connectivity index (χ0n) is 17.1. The highest BCUT2D eigenvalue weighted by Crippen LogP contribution is 2.24. The Morgan fingerprint density at radius 2 is 1.90 bits per heavy atom. The van der Waals surface area contributed by atoms with Crippen LogP contribution >= 0.6 is 11.8 Å². The van der Waals surface area contributed by atoms with E-state index in [2.05, 4.69) is 34.9 Å². The van der Waals surface area contributed by atoms with E-state index in [1.807, 2.05) is 30.0 Å². The highest BCUT2D eigenvalue weighted by atomic mass is 32.2. The molecule has 1 fully saturated rings. The van der Waals surface area contributed by atoms with Crippen molar-refractivity contribution in [2.45, 2.75) is 29.8 Å². The van der Waals surface area contributed by atoms with Crippen LogP contribution in [0.15, 0.2) is 63.0 Å². The number of hydrogen-bond acceptors (Lipinski definition) is 5. The summed E-state index contributed by atoms with van der Waals surface area (Å²) < 4.78 is 16.7. The standard InChI is InChI=1S/C22H31N3O3S/c1-26-22(10-15-27-16-11-22)18-25-21(23-12-9-19-6-5-14-28-19)24-13-17-29-20-7-3-2-4-8-20/h2-8,14H,9-13,15-18H2,1H3,(H2,23,24,25). The van der Waals surface area contributed by atoms with Gasteiger partial charge in [-0.3, -0.25) is 4.99 Å². The lowest BCUT2D eigenvalue weighted by Gasteiger charge is -2.34. The van der Waals surface area contributed by atoms with Gasteiger partial charge in [0.05, 0.1) is 18.4 Å². The number of thioether (sulfide) groups is 1. The molecule has 1 aromatic heterocycles. The highest BCUT2D eigenvalue weighted by molar-refractivity contribution is 7.99. The van der Waals surface area contributed by atoms with Gasteiger partial charge in [0.15, 0.2) is 5.96 Å². The summed E-state index contributed by atoms with van der Waals surface area (Å²) in [6, 6.07) is 14.3. The molecule has 2 aromatic rings. The number of guanidine groups is 1. The Morgan fingerprint density at radius 3 is 2.62 bits per heavy atom. The summed E-state index contributed by atoms with van der Waals surface area (Å²) in [5, 5.41) is 6.87. The van der Waals surface area contributed by atoms with E-state index in [9.17, 15) is 0 Å². The van der Waals surface area contributed by atoms with Gasteiger partial charge in [0, 0.05) is 63.3 Å². The van der Waals surface area contributed by atoms with Crippen LogP contribution < -0.4 is 10.6 Å². The quantitative estimate of drug-likeness (QED) is 0.267. The molecule has 0 amide bonds.